The van der Waals surface area contributed by atoms with Gasteiger partial charge in [0.25, 0.3) is 0 Å². The number of anilines is 1. The molecule has 2 N–H and O–H groups in total. The highest BCUT2D eigenvalue weighted by Crippen LogP contribution is 2.29. The average molecular weight is 291 g/mol. The molecule has 0 aliphatic carbocycles. The number of hydrogen-bond donors (Lipinski definition) is 2. The predicted octanol–water partition coefficient (Wildman–Crippen LogP) is 2.93. The Hall–Kier alpha value is -1.89. The smallest absolute Gasteiger partial charge is 0.323 e. The summed E-state index contributed by atoms with van der Waals surface area (Å²) >= 11 is 1.31. The Balaban J connectivity index is 1.74. The molecule has 2 aromatic rings. The molecule has 106 valence electrons. The molecule has 1 saturated heterocycles. The summed E-state index contributed by atoms with van der Waals surface area (Å²) < 4.78 is 4.17. The van der Waals surface area contributed by atoms with Crippen molar-refractivity contribution >= 4 is 22.6 Å². The second-order valence-corrected chi connectivity index (χ2v) is 5.75. The van der Waals surface area contributed by atoms with Crippen LogP contribution in [0.4, 0.5) is 9.80 Å². The zero-order valence-electron chi connectivity index (χ0n) is 11.3. The van der Waals surface area contributed by atoms with Crippen molar-refractivity contribution in [1.29, 1.82) is 0 Å². The van der Waals surface area contributed by atoms with E-state index in [1.807, 2.05) is 17.9 Å². The van der Waals surface area contributed by atoms with Crippen LogP contribution in [-0.4, -0.2) is 31.8 Å². The molecule has 0 saturated carbocycles. The maximum absolute atomic E-state index is 12.4. The molecular weight excluding hydrogens is 274 g/mol. The highest BCUT2D eigenvalue weighted by atomic mass is 32.1. The molecule has 20 heavy (non-hydrogen) atoms. The van der Waals surface area contributed by atoms with Gasteiger partial charge in [0.2, 0.25) is 0 Å². The van der Waals surface area contributed by atoms with E-state index in [4.69, 9.17) is 0 Å². The van der Waals surface area contributed by atoms with Crippen LogP contribution in [0.5, 0.6) is 0 Å². The molecule has 1 atom stereocenters. The van der Waals surface area contributed by atoms with Crippen LogP contribution >= 0.6 is 11.5 Å². The molecule has 1 aliphatic heterocycles. The van der Waals surface area contributed by atoms with E-state index in [-0.39, 0.29) is 12.1 Å². The van der Waals surface area contributed by atoms with Crippen LogP contribution in [0, 0.1) is 6.92 Å². The molecule has 2 amide bonds. The Labute approximate surface area is 121 Å². The zero-order valence-corrected chi connectivity index (χ0v) is 12.1. The number of rotatable bonds is 2. The van der Waals surface area contributed by atoms with E-state index >= 15 is 0 Å². The summed E-state index contributed by atoms with van der Waals surface area (Å²) in [5, 5.41) is 3.71. The fraction of sp³-hybridized carbons (Fsp3) is 0.462. The second-order valence-electron chi connectivity index (χ2n) is 4.94. The highest BCUT2D eigenvalue weighted by Gasteiger charge is 2.29. The molecule has 0 spiro atoms. The minimum Gasteiger partial charge on any atom is -0.347 e. The minimum atomic E-state index is -0.0743. The van der Waals surface area contributed by atoms with Crippen molar-refractivity contribution in [3.63, 3.8) is 0 Å². The number of aromatic nitrogens is 3. The lowest BCUT2D eigenvalue weighted by molar-refractivity contribution is 0.160. The third-order valence-corrected chi connectivity index (χ3v) is 4.25. The van der Waals surface area contributed by atoms with Gasteiger partial charge in [-0.05, 0) is 43.8 Å². The Morgan fingerprint density at radius 2 is 2.45 bits per heavy atom. The van der Waals surface area contributed by atoms with E-state index in [2.05, 4.69) is 19.7 Å². The lowest BCUT2D eigenvalue weighted by atomic mass is 10.0. The zero-order chi connectivity index (χ0) is 13.9. The van der Waals surface area contributed by atoms with Gasteiger partial charge >= 0.3 is 6.03 Å². The number of carbonyl (C=O) groups excluding carboxylic acids is 1. The highest BCUT2D eigenvalue weighted by molar-refractivity contribution is 7.10. The van der Waals surface area contributed by atoms with E-state index in [1.54, 1.807) is 12.4 Å². The number of aryl methyl sites for hydroxylation is 1. The molecule has 6 nitrogen and oxygen atoms in total. The first-order chi connectivity index (χ1) is 9.74. The summed E-state index contributed by atoms with van der Waals surface area (Å²) in [6.45, 7) is 2.67. The van der Waals surface area contributed by atoms with Gasteiger partial charge in [-0.2, -0.15) is 4.37 Å². The summed E-state index contributed by atoms with van der Waals surface area (Å²) in [5.74, 6) is 0.861. The fourth-order valence-electron chi connectivity index (χ4n) is 2.52. The number of imidazole rings is 1. The largest absolute Gasteiger partial charge is 0.347 e. The summed E-state index contributed by atoms with van der Waals surface area (Å²) in [5.41, 5.74) is 0.923. The van der Waals surface area contributed by atoms with Gasteiger partial charge < -0.3 is 9.88 Å². The Kier molecular flexibility index (Phi) is 3.68. The quantitative estimate of drug-likeness (QED) is 0.893. The Morgan fingerprint density at radius 3 is 3.15 bits per heavy atom. The molecule has 7 heteroatoms. The Bertz CT molecular complexity index is 579. The first kappa shape index (κ1) is 13.1. The van der Waals surface area contributed by atoms with Crippen LogP contribution in [0.2, 0.25) is 0 Å². The monoisotopic (exact) mass is 291 g/mol. The topological polar surface area (TPSA) is 73.9 Å². The van der Waals surface area contributed by atoms with Gasteiger partial charge in [0.1, 0.15) is 10.8 Å². The fourth-order valence-corrected chi connectivity index (χ4v) is 3.17. The minimum absolute atomic E-state index is 0.0350. The van der Waals surface area contributed by atoms with Crippen LogP contribution < -0.4 is 5.32 Å². The van der Waals surface area contributed by atoms with E-state index in [0.717, 1.165) is 42.3 Å². The van der Waals surface area contributed by atoms with Crippen molar-refractivity contribution in [2.45, 2.75) is 32.2 Å². The first-order valence-electron chi connectivity index (χ1n) is 6.74. The number of likely N-dealkylation sites (tertiary alicyclic amines) is 1. The number of nitrogens with one attached hydrogen (secondary N) is 2. The van der Waals surface area contributed by atoms with Crippen LogP contribution in [0.1, 0.15) is 36.8 Å². The maximum Gasteiger partial charge on any atom is 0.323 e. The lowest BCUT2D eigenvalue weighted by Crippen LogP contribution is -2.41. The average Bonchev–Trinajstić information content (AvgIpc) is 3.10. The van der Waals surface area contributed by atoms with Crippen molar-refractivity contribution in [3.05, 3.63) is 30.0 Å². The maximum atomic E-state index is 12.4. The molecule has 2 aromatic heterocycles. The molecule has 0 radical (unpaired) electrons. The molecule has 0 aromatic carbocycles. The normalized spacial score (nSPS) is 19.1. The van der Waals surface area contributed by atoms with Crippen molar-refractivity contribution in [3.8, 4) is 0 Å². The summed E-state index contributed by atoms with van der Waals surface area (Å²) in [6, 6.07) is 1.84. The third-order valence-electron chi connectivity index (χ3n) is 3.46. The molecule has 1 fully saturated rings. The van der Waals surface area contributed by atoms with Crippen LogP contribution in [-0.2, 0) is 0 Å². The molecule has 1 aliphatic rings. The van der Waals surface area contributed by atoms with Gasteiger partial charge in [-0.15, -0.1) is 0 Å². The standard InChI is InChI=1S/C13H17N5OS/c1-9-8-11(20-17-9)16-13(19)18-7-3-2-4-10(18)12-14-5-6-15-12/h5-6,8,10H,2-4,7H2,1H3,(H,14,15)(H,16,19). The number of urea groups is 1. The van der Waals surface area contributed by atoms with E-state index in [0.29, 0.717) is 0 Å². The van der Waals surface area contributed by atoms with Crippen molar-refractivity contribution in [2.24, 2.45) is 0 Å². The van der Waals surface area contributed by atoms with Gasteiger partial charge in [-0.1, -0.05) is 0 Å². The Morgan fingerprint density at radius 1 is 1.55 bits per heavy atom. The van der Waals surface area contributed by atoms with E-state index < -0.39 is 0 Å². The van der Waals surface area contributed by atoms with Crippen LogP contribution in [0.15, 0.2) is 18.5 Å². The van der Waals surface area contributed by atoms with Crippen molar-refractivity contribution in [2.75, 3.05) is 11.9 Å². The molecule has 0 bridgehead atoms. The second kappa shape index (κ2) is 5.62. The number of amides is 2. The molecule has 3 rings (SSSR count). The lowest BCUT2D eigenvalue weighted by Gasteiger charge is -2.34. The number of aromatic amines is 1. The molecule has 1 unspecified atom stereocenters. The number of piperidine rings is 1. The summed E-state index contributed by atoms with van der Waals surface area (Å²) in [4.78, 5) is 21.7. The predicted molar refractivity (Wildman–Crippen MR) is 77.8 cm³/mol. The number of H-pyrrole nitrogens is 1. The van der Waals surface area contributed by atoms with Gasteiger partial charge in [-0.25, -0.2) is 9.78 Å². The molecule has 3 heterocycles. The van der Waals surface area contributed by atoms with Crippen molar-refractivity contribution < 1.29 is 4.79 Å². The van der Waals surface area contributed by atoms with Gasteiger partial charge in [0.05, 0.1) is 11.7 Å². The van der Waals surface area contributed by atoms with Gasteiger partial charge in [0.15, 0.2) is 0 Å². The third kappa shape index (κ3) is 2.67. The SMILES string of the molecule is Cc1cc(NC(=O)N2CCCCC2c2ncc[nH]2)sn1. The summed E-state index contributed by atoms with van der Waals surface area (Å²) in [7, 11) is 0. The number of nitrogens with zero attached hydrogens (tertiary/aromatic N) is 3. The number of carbonyl (C=O) groups is 1. The van der Waals surface area contributed by atoms with Gasteiger partial charge in [-0.3, -0.25) is 5.32 Å². The number of hydrogen-bond acceptors (Lipinski definition) is 4. The van der Waals surface area contributed by atoms with Crippen molar-refractivity contribution in [1.82, 2.24) is 19.2 Å². The van der Waals surface area contributed by atoms with Crippen LogP contribution in [0.3, 0.4) is 0 Å². The van der Waals surface area contributed by atoms with Gasteiger partial charge in [0, 0.05) is 18.9 Å². The van der Waals surface area contributed by atoms with Crippen LogP contribution in [0.25, 0.3) is 0 Å². The molecular formula is C13H17N5OS. The first-order valence-corrected chi connectivity index (χ1v) is 7.51. The summed E-state index contributed by atoms with van der Waals surface area (Å²) in [6.07, 6.45) is 6.63. The van der Waals surface area contributed by atoms with E-state index in [1.165, 1.54) is 11.5 Å². The van der Waals surface area contributed by atoms with E-state index in [9.17, 15) is 4.79 Å².